The van der Waals surface area contributed by atoms with Crippen LogP contribution in [-0.4, -0.2) is 58.1 Å². The third kappa shape index (κ3) is 3.64. The minimum absolute atomic E-state index is 0.0270. The summed E-state index contributed by atoms with van der Waals surface area (Å²) in [6.07, 6.45) is 1.09. The van der Waals surface area contributed by atoms with Crippen LogP contribution in [0.15, 0.2) is 30.3 Å². The number of carbonyl (C=O) groups excluding carboxylic acids is 3. The molecule has 3 rings (SSSR count). The molecular weight excluding hydrogens is 376 g/mol. The fraction of sp³-hybridized carbons (Fsp3) is 0.571. The van der Waals surface area contributed by atoms with Gasteiger partial charge < -0.3 is 14.5 Å². The molecule has 0 aromatic heterocycles. The van der Waals surface area contributed by atoms with E-state index in [2.05, 4.69) is 0 Å². The van der Waals surface area contributed by atoms with E-state index in [4.69, 9.17) is 4.74 Å². The monoisotopic (exact) mass is 404 g/mol. The lowest BCUT2D eigenvalue weighted by molar-refractivity contribution is -0.159. The van der Waals surface area contributed by atoms with Gasteiger partial charge in [-0.05, 0) is 39.7 Å². The van der Waals surface area contributed by atoms with Crippen molar-refractivity contribution in [3.63, 3.8) is 0 Å². The molecule has 1 aromatic rings. The van der Waals surface area contributed by atoms with Gasteiger partial charge in [0.05, 0.1) is 0 Å². The lowest BCUT2D eigenvalue weighted by atomic mass is 10.0. The molecular formula is C21H28N2O4S. The Kier molecular flexibility index (Phi) is 6.03. The summed E-state index contributed by atoms with van der Waals surface area (Å²) in [5, 5.41) is 0. The van der Waals surface area contributed by atoms with Gasteiger partial charge in [0.15, 0.2) is 6.61 Å². The molecule has 0 bridgehead atoms. The number of ether oxygens (including phenoxy) is 1. The van der Waals surface area contributed by atoms with Crippen molar-refractivity contribution in [2.45, 2.75) is 63.5 Å². The number of hydrogen-bond donors (Lipinski definition) is 0. The van der Waals surface area contributed by atoms with Gasteiger partial charge in [-0.15, -0.1) is 11.8 Å². The van der Waals surface area contributed by atoms with Crippen molar-refractivity contribution in [2.24, 2.45) is 0 Å². The van der Waals surface area contributed by atoms with E-state index < -0.39 is 16.9 Å². The van der Waals surface area contributed by atoms with Crippen LogP contribution in [0.2, 0.25) is 0 Å². The van der Waals surface area contributed by atoms with Gasteiger partial charge in [0.2, 0.25) is 5.91 Å². The Bertz CT molecular complexity index is 744. The molecule has 2 aliphatic heterocycles. The Hall–Kier alpha value is -2.02. The zero-order chi connectivity index (χ0) is 20.5. The van der Waals surface area contributed by atoms with Crippen molar-refractivity contribution in [2.75, 3.05) is 12.4 Å². The normalized spacial score (nSPS) is 24.0. The molecule has 152 valence electrons. The first-order valence-electron chi connectivity index (χ1n) is 9.77. The van der Waals surface area contributed by atoms with Crippen LogP contribution >= 0.6 is 11.8 Å². The number of thioether (sulfide) groups is 1. The number of nitrogens with zero attached hydrogens (tertiary/aromatic N) is 2. The predicted octanol–water partition coefficient (Wildman–Crippen LogP) is 2.77. The first-order chi connectivity index (χ1) is 13.3. The first kappa shape index (κ1) is 20.7. The van der Waals surface area contributed by atoms with Crippen molar-refractivity contribution in [3.8, 4) is 0 Å². The summed E-state index contributed by atoms with van der Waals surface area (Å²) in [4.78, 5) is 40.7. The quantitative estimate of drug-likeness (QED) is 0.682. The summed E-state index contributed by atoms with van der Waals surface area (Å²) in [5.74, 6) is -0.272. The van der Waals surface area contributed by atoms with E-state index in [9.17, 15) is 14.4 Å². The summed E-state index contributed by atoms with van der Waals surface area (Å²) in [7, 11) is 0. The molecule has 6 nitrogen and oxygen atoms in total. The van der Waals surface area contributed by atoms with Gasteiger partial charge in [-0.3, -0.25) is 9.59 Å². The summed E-state index contributed by atoms with van der Waals surface area (Å²) in [6.45, 7) is 7.44. The molecule has 2 fully saturated rings. The second-order valence-corrected chi connectivity index (χ2v) is 9.13. The number of benzene rings is 1. The van der Waals surface area contributed by atoms with Crippen LogP contribution in [-0.2, 0) is 24.0 Å². The number of rotatable bonds is 6. The molecule has 0 saturated carbocycles. The Morgan fingerprint density at radius 2 is 1.86 bits per heavy atom. The van der Waals surface area contributed by atoms with Crippen molar-refractivity contribution in [1.29, 1.82) is 0 Å². The molecule has 0 radical (unpaired) electrons. The lowest BCUT2D eigenvalue weighted by Gasteiger charge is -2.34. The topological polar surface area (TPSA) is 66.9 Å². The Morgan fingerprint density at radius 3 is 2.46 bits per heavy atom. The van der Waals surface area contributed by atoms with Gasteiger partial charge in [0.25, 0.3) is 5.91 Å². The van der Waals surface area contributed by atoms with Crippen molar-refractivity contribution in [1.82, 2.24) is 9.80 Å². The average molecular weight is 405 g/mol. The van der Waals surface area contributed by atoms with Gasteiger partial charge in [-0.25, -0.2) is 4.79 Å². The highest BCUT2D eigenvalue weighted by Gasteiger charge is 2.57. The number of amides is 2. The lowest BCUT2D eigenvalue weighted by Crippen LogP contribution is -2.48. The van der Waals surface area contributed by atoms with Crippen molar-refractivity contribution >= 4 is 29.5 Å². The zero-order valence-corrected chi connectivity index (χ0v) is 17.7. The number of fused-ring (bicyclic) bond motifs is 1. The molecule has 0 aliphatic carbocycles. The van der Waals surface area contributed by atoms with Crippen LogP contribution in [0.25, 0.3) is 0 Å². The van der Waals surface area contributed by atoms with Gasteiger partial charge in [0, 0.05) is 24.3 Å². The van der Waals surface area contributed by atoms with Gasteiger partial charge in [-0.2, -0.15) is 0 Å². The molecule has 2 atom stereocenters. The molecule has 2 aliphatic rings. The summed E-state index contributed by atoms with van der Waals surface area (Å²) >= 11 is 1.61. The van der Waals surface area contributed by atoms with Crippen LogP contribution in [0.3, 0.4) is 0 Å². The highest BCUT2D eigenvalue weighted by atomic mass is 32.2. The highest BCUT2D eigenvalue weighted by Crippen LogP contribution is 2.54. The molecule has 2 amide bonds. The Balaban J connectivity index is 1.71. The largest absolute Gasteiger partial charge is 0.454 e. The molecule has 28 heavy (non-hydrogen) atoms. The maximum atomic E-state index is 12.8. The van der Waals surface area contributed by atoms with Gasteiger partial charge in [-0.1, -0.05) is 30.3 Å². The van der Waals surface area contributed by atoms with Gasteiger partial charge >= 0.3 is 5.97 Å². The van der Waals surface area contributed by atoms with Crippen molar-refractivity contribution < 1.29 is 19.1 Å². The fourth-order valence-electron chi connectivity index (χ4n) is 4.29. The average Bonchev–Trinajstić information content (AvgIpc) is 3.19. The summed E-state index contributed by atoms with van der Waals surface area (Å²) in [5.41, 5.74) is 1.03. The number of carbonyl (C=O) groups is 3. The zero-order valence-electron chi connectivity index (χ0n) is 16.9. The minimum Gasteiger partial charge on any atom is -0.454 e. The second kappa shape index (κ2) is 8.15. The smallest absolute Gasteiger partial charge is 0.330 e. The third-order valence-corrected chi connectivity index (χ3v) is 6.96. The Labute approximate surface area is 170 Å². The SMILES string of the molecule is CC(C)N(C(=O)COC(=O)[C@@H]1CS[C@@]2(c3ccccc3)CCC(=O)N12)C(C)C. The van der Waals surface area contributed by atoms with Crippen LogP contribution < -0.4 is 0 Å². The van der Waals surface area contributed by atoms with Crippen LogP contribution in [0.4, 0.5) is 0 Å². The van der Waals surface area contributed by atoms with Crippen LogP contribution in [0.5, 0.6) is 0 Å². The van der Waals surface area contributed by atoms with E-state index in [1.54, 1.807) is 21.6 Å². The third-order valence-electron chi connectivity index (χ3n) is 5.36. The highest BCUT2D eigenvalue weighted by molar-refractivity contribution is 8.00. The molecule has 0 spiro atoms. The van der Waals surface area contributed by atoms with Crippen LogP contribution in [0.1, 0.15) is 46.1 Å². The number of hydrogen-bond acceptors (Lipinski definition) is 5. The maximum absolute atomic E-state index is 12.8. The summed E-state index contributed by atoms with van der Waals surface area (Å²) < 4.78 is 5.37. The van der Waals surface area contributed by atoms with Crippen LogP contribution in [0, 0.1) is 0 Å². The van der Waals surface area contributed by atoms with E-state index in [1.807, 2.05) is 58.0 Å². The molecule has 1 aromatic carbocycles. The Morgan fingerprint density at radius 1 is 1.21 bits per heavy atom. The maximum Gasteiger partial charge on any atom is 0.330 e. The minimum atomic E-state index is -0.653. The van der Waals surface area contributed by atoms with E-state index >= 15 is 0 Å². The van der Waals surface area contributed by atoms with E-state index in [0.29, 0.717) is 18.6 Å². The standard InChI is InChI=1S/C21H28N2O4S/c1-14(2)22(15(3)4)19(25)12-27-20(26)17-13-28-21(11-10-18(24)23(17)21)16-8-6-5-7-9-16/h5-9,14-15,17H,10-13H2,1-4H3/t17-,21+/m0/s1. The number of esters is 1. The molecule has 7 heteroatoms. The first-order valence-corrected chi connectivity index (χ1v) is 10.8. The van der Waals surface area contributed by atoms with E-state index in [0.717, 1.165) is 5.56 Å². The summed E-state index contributed by atoms with van der Waals surface area (Å²) in [6, 6.07) is 9.23. The molecule has 0 unspecified atom stereocenters. The molecule has 0 N–H and O–H groups in total. The van der Waals surface area contributed by atoms with E-state index in [1.165, 1.54) is 0 Å². The fourth-order valence-corrected chi connectivity index (χ4v) is 5.93. The molecule has 2 saturated heterocycles. The second-order valence-electron chi connectivity index (χ2n) is 7.84. The van der Waals surface area contributed by atoms with Crippen molar-refractivity contribution in [3.05, 3.63) is 35.9 Å². The molecule has 2 heterocycles. The predicted molar refractivity (Wildman–Crippen MR) is 109 cm³/mol. The van der Waals surface area contributed by atoms with E-state index in [-0.39, 0.29) is 30.5 Å². The van der Waals surface area contributed by atoms with Gasteiger partial charge in [0.1, 0.15) is 10.9 Å².